The molecule has 3 saturated heterocycles. The van der Waals surface area contributed by atoms with Crippen molar-refractivity contribution >= 4 is 82.4 Å². The van der Waals surface area contributed by atoms with Crippen molar-refractivity contribution in [2.24, 2.45) is 5.73 Å². The number of nitrogens with one attached hydrogen (secondary N) is 4. The predicted molar refractivity (Wildman–Crippen MR) is 297 cm³/mol. The number of unbranched alkanes of at least 4 members (excludes halogenated alkanes) is 3. The summed E-state index contributed by atoms with van der Waals surface area (Å²) in [5.41, 5.74) is 3.01. The molecule has 0 saturated carbocycles. The molecule has 25 heteroatoms. The van der Waals surface area contributed by atoms with Crippen LogP contribution in [0.25, 0.3) is 10.1 Å². The molecule has 3 fully saturated rings. The maximum absolute atomic E-state index is 15.0. The summed E-state index contributed by atoms with van der Waals surface area (Å²) >= 11 is 0.858. The Balaban J connectivity index is 0.888. The minimum absolute atomic E-state index is 0.0603. The van der Waals surface area contributed by atoms with Gasteiger partial charge in [0.15, 0.2) is 0 Å². The number of benzene rings is 4. The van der Waals surface area contributed by atoms with Gasteiger partial charge in [-0.1, -0.05) is 91.1 Å². The molecule has 0 bridgehead atoms. The highest BCUT2D eigenvalue weighted by Crippen LogP contribution is 2.59. The Labute approximate surface area is 478 Å². The molecule has 5 heterocycles. The van der Waals surface area contributed by atoms with Crippen molar-refractivity contribution in [3.05, 3.63) is 141 Å². The highest BCUT2D eigenvalue weighted by molar-refractivity contribution is 7.52. The summed E-state index contributed by atoms with van der Waals surface area (Å²) in [6.45, 7) is -0.714. The summed E-state index contributed by atoms with van der Waals surface area (Å²) in [5, 5.41) is 10.7. The van der Waals surface area contributed by atoms with Gasteiger partial charge in [-0.25, -0.2) is 4.79 Å². The molecular formula is C58H59F2N8O13PS. The number of thiophene rings is 1. The molecule has 0 radical (unpaired) electrons. The fraction of sp³-hybridized carbons (Fsp3) is 0.362. The van der Waals surface area contributed by atoms with Crippen molar-refractivity contribution in [1.82, 2.24) is 36.0 Å². The van der Waals surface area contributed by atoms with E-state index in [-0.39, 0.29) is 86.1 Å². The van der Waals surface area contributed by atoms with E-state index in [1.54, 1.807) is 66.7 Å². The highest BCUT2D eigenvalue weighted by Gasteiger charge is 2.51. The van der Waals surface area contributed by atoms with E-state index in [2.05, 4.69) is 33.1 Å². The zero-order chi connectivity index (χ0) is 59.2. The summed E-state index contributed by atoms with van der Waals surface area (Å²) < 4.78 is 46.5. The van der Waals surface area contributed by atoms with Crippen molar-refractivity contribution in [2.75, 3.05) is 19.7 Å². The molecule has 1 unspecified atom stereocenters. The number of fused-ring (bicyclic) bond motifs is 3. The molecule has 9 amide bonds. The zero-order valence-electron chi connectivity index (χ0n) is 44.6. The number of alkyl halides is 2. The molecule has 0 aliphatic carbocycles. The summed E-state index contributed by atoms with van der Waals surface area (Å²) in [4.78, 5) is 144. The van der Waals surface area contributed by atoms with Crippen molar-refractivity contribution in [1.29, 1.82) is 0 Å². The third-order valence-corrected chi connectivity index (χ3v) is 17.3. The van der Waals surface area contributed by atoms with Gasteiger partial charge in [-0.05, 0) is 90.9 Å². The normalized spacial score (nSPS) is 19.4. The summed E-state index contributed by atoms with van der Waals surface area (Å²) in [5.74, 6) is 1.68. The van der Waals surface area contributed by atoms with Gasteiger partial charge in [-0.3, -0.25) is 48.2 Å². The molecule has 4 aliphatic heterocycles. The molecule has 83 heavy (non-hydrogen) atoms. The van der Waals surface area contributed by atoms with Crippen molar-refractivity contribution in [3.8, 4) is 11.8 Å². The third kappa shape index (κ3) is 13.4. The Kier molecular flexibility index (Phi) is 18.2. The Morgan fingerprint density at radius 1 is 0.867 bits per heavy atom. The summed E-state index contributed by atoms with van der Waals surface area (Å²) in [6.07, 6.45) is 1.93. The molecule has 434 valence electrons. The molecule has 4 aliphatic rings. The quantitative estimate of drug-likeness (QED) is 0.0261. The van der Waals surface area contributed by atoms with Gasteiger partial charge < -0.3 is 50.9 Å². The lowest BCUT2D eigenvalue weighted by atomic mass is 9.98. The van der Waals surface area contributed by atoms with E-state index in [1.165, 1.54) is 26.8 Å². The smallest absolute Gasteiger partial charge is 0.404 e. The second-order valence-electron chi connectivity index (χ2n) is 20.6. The van der Waals surface area contributed by atoms with E-state index in [9.17, 15) is 61.5 Å². The van der Waals surface area contributed by atoms with E-state index < -0.39 is 97.3 Å². The lowest BCUT2D eigenvalue weighted by molar-refractivity contribution is -0.146. The van der Waals surface area contributed by atoms with Crippen LogP contribution in [-0.2, 0) is 50.3 Å². The first-order valence-electron chi connectivity index (χ1n) is 26.9. The standard InChI is InChI=1S/C58H59F2N8O13PS/c59-58(60,82(78,79)80)38-21-25-46-37(29-38)30-47(83-46)54(74)62-42-32-66(49(70)20-11-3-1-2-6-13-34-18-12-19-40-41(34)31-67(55(40)75)44-24-26-48(69)64-52(44)72)28-27-39-22-23-45(68(39)56(42)76)53(73)63-43(33-81-57(61)77)51(71)65-50(35-14-7-4-8-15-35)36-16-9-5-10-17-36/h4-5,7-10,12,14-19,21,25,29-30,39,42-45,50H,1-3,11,20,22-24,26-28,31-33H2,(H2,61,77)(H,62,74)(H,63,73)(H,65,71)(H,64,69,72)(H2,78,79,80)/t39-,42+,43+,44?,45+/m1/s1. The van der Waals surface area contributed by atoms with Gasteiger partial charge in [-0.2, -0.15) is 8.78 Å². The van der Waals surface area contributed by atoms with Crippen molar-refractivity contribution in [3.63, 3.8) is 0 Å². The van der Waals surface area contributed by atoms with Gasteiger partial charge in [0.2, 0.25) is 35.4 Å². The Hall–Kier alpha value is -8.36. The van der Waals surface area contributed by atoms with Crippen LogP contribution in [0.3, 0.4) is 0 Å². The minimum Gasteiger partial charge on any atom is -0.447 e. The SMILES string of the molecule is NC(=O)OC[C@H](NC(=O)[C@@H]1CC[C@@H]2CCN(C(=O)CCCCCC#Cc3cccc4c3CN(C3CCC(=O)NC3=O)C4=O)C[C@H](NC(=O)c3cc4cc(C(F)(F)P(=O)(O)O)ccc4s3)C(=O)N21)C(=O)NC(c1ccccc1)c1ccccc1. The maximum Gasteiger partial charge on any atom is 0.404 e. The van der Waals surface area contributed by atoms with Crippen molar-refractivity contribution in [2.45, 2.75) is 113 Å². The number of hydrogen-bond acceptors (Lipinski definition) is 12. The number of primary amides is 1. The summed E-state index contributed by atoms with van der Waals surface area (Å²) in [6, 6.07) is 21.0. The van der Waals surface area contributed by atoms with E-state index >= 15 is 4.79 Å². The monoisotopic (exact) mass is 1180 g/mol. The number of piperidine rings is 1. The van der Waals surface area contributed by atoms with Crippen LogP contribution in [0, 0.1) is 11.8 Å². The highest BCUT2D eigenvalue weighted by atomic mass is 32.1. The van der Waals surface area contributed by atoms with Gasteiger partial charge in [0.25, 0.3) is 11.8 Å². The first-order chi connectivity index (χ1) is 39.7. The second kappa shape index (κ2) is 25.4. The van der Waals surface area contributed by atoms with Crippen LogP contribution < -0.4 is 27.0 Å². The number of carbonyl (C=O) groups is 9. The number of nitrogens with two attached hydrogens (primary N) is 1. The molecule has 0 spiro atoms. The number of carbonyl (C=O) groups excluding carboxylic acids is 9. The first kappa shape index (κ1) is 59.3. The fourth-order valence-corrected chi connectivity index (χ4v) is 12.3. The Morgan fingerprint density at radius 2 is 1.59 bits per heavy atom. The zero-order valence-corrected chi connectivity index (χ0v) is 46.3. The maximum atomic E-state index is 15.0. The molecule has 21 nitrogen and oxygen atoms in total. The summed E-state index contributed by atoms with van der Waals surface area (Å²) in [7, 11) is -5.93. The van der Waals surface area contributed by atoms with Crippen LogP contribution in [0.2, 0.25) is 0 Å². The molecule has 8 N–H and O–H groups in total. The van der Waals surface area contributed by atoms with Crippen LogP contribution in [0.15, 0.2) is 103 Å². The minimum atomic E-state index is -5.93. The van der Waals surface area contributed by atoms with Gasteiger partial charge in [0, 0.05) is 66.3 Å². The number of ether oxygens (including phenoxy) is 1. The third-order valence-electron chi connectivity index (χ3n) is 15.2. The van der Waals surface area contributed by atoms with E-state index in [1.807, 2.05) is 12.1 Å². The number of rotatable bonds is 18. The molecule has 9 rings (SSSR count). The van der Waals surface area contributed by atoms with E-state index in [4.69, 9.17) is 10.5 Å². The van der Waals surface area contributed by atoms with Crippen LogP contribution in [0.4, 0.5) is 13.6 Å². The lowest BCUT2D eigenvalue weighted by Gasteiger charge is -2.39. The van der Waals surface area contributed by atoms with Gasteiger partial charge >= 0.3 is 19.4 Å². The Morgan fingerprint density at radius 3 is 2.28 bits per heavy atom. The molecular weight excluding hydrogens is 1120 g/mol. The average Bonchev–Trinajstić information content (AvgIpc) is 4.43. The number of amides is 9. The van der Waals surface area contributed by atoms with Crippen LogP contribution in [0.5, 0.6) is 0 Å². The van der Waals surface area contributed by atoms with Gasteiger partial charge in [0.1, 0.15) is 30.8 Å². The number of nitrogens with zero attached hydrogens (tertiary/aromatic N) is 3. The van der Waals surface area contributed by atoms with Crippen LogP contribution >= 0.6 is 18.9 Å². The van der Waals surface area contributed by atoms with Crippen LogP contribution in [-0.4, -0.2) is 128 Å². The predicted octanol–water partition coefficient (Wildman–Crippen LogP) is 5.07. The molecule has 5 aromatic rings. The molecule has 4 aromatic carbocycles. The second-order valence-corrected chi connectivity index (χ2v) is 23.4. The fourth-order valence-electron chi connectivity index (χ4n) is 10.9. The Bertz CT molecular complexity index is 3440. The number of imide groups is 1. The van der Waals surface area contributed by atoms with Gasteiger partial charge in [0.05, 0.1) is 10.9 Å². The van der Waals surface area contributed by atoms with Crippen molar-refractivity contribution < 1.29 is 71.0 Å². The number of hydrogen-bond donors (Lipinski definition) is 7. The molecule has 5 atom stereocenters. The van der Waals surface area contributed by atoms with E-state index in [0.29, 0.717) is 58.2 Å². The lowest BCUT2D eigenvalue weighted by Crippen LogP contribution is -2.62. The van der Waals surface area contributed by atoms with Gasteiger partial charge in [-0.15, -0.1) is 11.3 Å². The average molecular weight is 1180 g/mol. The largest absolute Gasteiger partial charge is 0.447 e. The topological polar surface area (TPSA) is 304 Å². The van der Waals surface area contributed by atoms with Crippen LogP contribution in [0.1, 0.15) is 118 Å². The first-order valence-corrected chi connectivity index (χ1v) is 29.4. The molecule has 1 aromatic heterocycles. The number of halogens is 2. The van der Waals surface area contributed by atoms with E-state index in [0.717, 1.165) is 23.5 Å².